The number of hydrogen-bond donors (Lipinski definition) is 1. The van der Waals surface area contributed by atoms with E-state index in [0.717, 1.165) is 11.3 Å². The van der Waals surface area contributed by atoms with Gasteiger partial charge in [-0.05, 0) is 36.2 Å². The van der Waals surface area contributed by atoms with Crippen LogP contribution in [0.5, 0.6) is 0 Å². The molecule has 1 atom stereocenters. The maximum atomic E-state index is 11.8. The van der Waals surface area contributed by atoms with Crippen LogP contribution in [0.4, 0.5) is 0 Å². The van der Waals surface area contributed by atoms with Crippen LogP contribution in [0.15, 0.2) is 17.5 Å². The van der Waals surface area contributed by atoms with E-state index in [1.54, 1.807) is 0 Å². The molecule has 2 N–H and O–H groups in total. The number of Topliss-reactive ketones (excluding diaryl/α,β-unsaturated/α-hetero) is 1. The van der Waals surface area contributed by atoms with E-state index in [1.807, 2.05) is 17.5 Å². The average molecular weight is 225 g/mol. The van der Waals surface area contributed by atoms with E-state index < -0.39 is 0 Å². The predicted octanol–water partition coefficient (Wildman–Crippen LogP) is 2.94. The predicted molar refractivity (Wildman–Crippen MR) is 65.3 cm³/mol. The Balaban J connectivity index is 2.48. The number of hydrogen-bond acceptors (Lipinski definition) is 3. The van der Waals surface area contributed by atoms with Crippen molar-refractivity contribution in [3.8, 4) is 0 Å². The van der Waals surface area contributed by atoms with Crippen LogP contribution in [0.3, 0.4) is 0 Å². The molecule has 2 nitrogen and oxygen atoms in total. The second-order valence-electron chi connectivity index (χ2n) is 4.34. The molecule has 0 aliphatic rings. The van der Waals surface area contributed by atoms with Gasteiger partial charge in [-0.15, -0.1) is 11.3 Å². The highest BCUT2D eigenvalue weighted by Gasteiger charge is 2.15. The lowest BCUT2D eigenvalue weighted by atomic mass is 9.92. The minimum Gasteiger partial charge on any atom is -0.330 e. The maximum Gasteiger partial charge on any atom is 0.173 e. The molecule has 3 heteroatoms. The van der Waals surface area contributed by atoms with Gasteiger partial charge in [-0.1, -0.05) is 19.9 Å². The molecule has 0 saturated heterocycles. The van der Waals surface area contributed by atoms with Gasteiger partial charge in [-0.3, -0.25) is 4.79 Å². The molecule has 0 saturated carbocycles. The van der Waals surface area contributed by atoms with Crippen molar-refractivity contribution in [3.05, 3.63) is 22.4 Å². The Hall–Kier alpha value is -0.670. The SMILES string of the molecule is CC(C)CC(CN)CC(=O)c1cccs1. The fourth-order valence-electron chi connectivity index (χ4n) is 1.73. The number of carbonyl (C=O) groups excluding carboxylic acids is 1. The van der Waals surface area contributed by atoms with Crippen LogP contribution in [0.2, 0.25) is 0 Å². The first-order valence-electron chi connectivity index (χ1n) is 5.40. The molecular weight excluding hydrogens is 206 g/mol. The summed E-state index contributed by atoms with van der Waals surface area (Å²) >= 11 is 1.51. The second kappa shape index (κ2) is 6.03. The summed E-state index contributed by atoms with van der Waals surface area (Å²) in [5.41, 5.74) is 5.67. The summed E-state index contributed by atoms with van der Waals surface area (Å²) in [4.78, 5) is 12.7. The molecule has 84 valence electrons. The molecule has 1 aromatic rings. The lowest BCUT2D eigenvalue weighted by molar-refractivity contribution is 0.0961. The van der Waals surface area contributed by atoms with Gasteiger partial charge < -0.3 is 5.73 Å². The third kappa shape index (κ3) is 4.14. The number of nitrogens with two attached hydrogens (primary N) is 1. The molecule has 1 rings (SSSR count). The normalized spacial score (nSPS) is 13.1. The van der Waals surface area contributed by atoms with E-state index in [4.69, 9.17) is 5.73 Å². The molecule has 0 amide bonds. The Morgan fingerprint density at radius 1 is 1.53 bits per heavy atom. The van der Waals surface area contributed by atoms with Crippen molar-refractivity contribution in [1.29, 1.82) is 0 Å². The van der Waals surface area contributed by atoms with E-state index in [1.165, 1.54) is 11.3 Å². The van der Waals surface area contributed by atoms with Gasteiger partial charge >= 0.3 is 0 Å². The molecule has 0 aliphatic carbocycles. The quantitative estimate of drug-likeness (QED) is 0.756. The third-order valence-electron chi connectivity index (χ3n) is 2.41. The summed E-state index contributed by atoms with van der Waals surface area (Å²) in [7, 11) is 0. The van der Waals surface area contributed by atoms with Crippen LogP contribution in [-0.4, -0.2) is 12.3 Å². The molecule has 1 aromatic heterocycles. The fourth-order valence-corrected chi connectivity index (χ4v) is 2.41. The smallest absolute Gasteiger partial charge is 0.173 e. The van der Waals surface area contributed by atoms with Crippen LogP contribution in [0.25, 0.3) is 0 Å². The molecule has 0 fully saturated rings. The Morgan fingerprint density at radius 3 is 2.73 bits per heavy atom. The Labute approximate surface area is 95.5 Å². The van der Waals surface area contributed by atoms with Crippen LogP contribution in [-0.2, 0) is 0 Å². The van der Waals surface area contributed by atoms with E-state index in [-0.39, 0.29) is 5.78 Å². The van der Waals surface area contributed by atoms with Gasteiger partial charge in [0.1, 0.15) is 0 Å². The summed E-state index contributed by atoms with van der Waals surface area (Å²) in [6.07, 6.45) is 1.63. The zero-order chi connectivity index (χ0) is 11.3. The Morgan fingerprint density at radius 2 is 2.27 bits per heavy atom. The number of carbonyl (C=O) groups is 1. The lowest BCUT2D eigenvalue weighted by Gasteiger charge is -2.15. The van der Waals surface area contributed by atoms with E-state index in [2.05, 4.69) is 13.8 Å². The van der Waals surface area contributed by atoms with Crippen molar-refractivity contribution in [2.75, 3.05) is 6.54 Å². The molecule has 0 radical (unpaired) electrons. The fraction of sp³-hybridized carbons (Fsp3) is 0.583. The van der Waals surface area contributed by atoms with Gasteiger partial charge in [0.25, 0.3) is 0 Å². The van der Waals surface area contributed by atoms with Crippen LogP contribution in [0.1, 0.15) is 36.4 Å². The molecule has 0 aliphatic heterocycles. The van der Waals surface area contributed by atoms with E-state index >= 15 is 0 Å². The van der Waals surface area contributed by atoms with Crippen molar-refractivity contribution in [2.45, 2.75) is 26.7 Å². The Kier molecular flexibility index (Phi) is 4.99. The first kappa shape index (κ1) is 12.4. The van der Waals surface area contributed by atoms with Crippen LogP contribution >= 0.6 is 11.3 Å². The van der Waals surface area contributed by atoms with Gasteiger partial charge in [-0.2, -0.15) is 0 Å². The van der Waals surface area contributed by atoms with Crippen molar-refractivity contribution in [2.24, 2.45) is 17.6 Å². The van der Waals surface area contributed by atoms with Crippen molar-refractivity contribution < 1.29 is 4.79 Å². The molecular formula is C12H19NOS. The molecule has 1 unspecified atom stereocenters. The molecule has 0 bridgehead atoms. The zero-order valence-corrected chi connectivity index (χ0v) is 10.2. The lowest BCUT2D eigenvalue weighted by Crippen LogP contribution is -2.19. The first-order valence-corrected chi connectivity index (χ1v) is 6.28. The zero-order valence-electron chi connectivity index (χ0n) is 9.40. The van der Waals surface area contributed by atoms with E-state index in [9.17, 15) is 4.79 Å². The minimum atomic E-state index is 0.237. The Bertz CT molecular complexity index is 293. The summed E-state index contributed by atoms with van der Waals surface area (Å²) in [5, 5.41) is 1.94. The summed E-state index contributed by atoms with van der Waals surface area (Å²) in [5.74, 6) is 1.18. The van der Waals surface area contributed by atoms with Crippen molar-refractivity contribution >= 4 is 17.1 Å². The van der Waals surface area contributed by atoms with Gasteiger partial charge in [0.05, 0.1) is 4.88 Å². The minimum absolute atomic E-state index is 0.237. The van der Waals surface area contributed by atoms with Crippen molar-refractivity contribution in [1.82, 2.24) is 0 Å². The van der Waals surface area contributed by atoms with E-state index in [0.29, 0.717) is 24.8 Å². The first-order chi connectivity index (χ1) is 7.13. The second-order valence-corrected chi connectivity index (χ2v) is 5.28. The molecule has 0 aromatic carbocycles. The summed E-state index contributed by atoms with van der Waals surface area (Å²) < 4.78 is 0. The number of thiophene rings is 1. The molecule has 0 spiro atoms. The monoisotopic (exact) mass is 225 g/mol. The maximum absolute atomic E-state index is 11.8. The topological polar surface area (TPSA) is 43.1 Å². The highest BCUT2D eigenvalue weighted by molar-refractivity contribution is 7.12. The summed E-state index contributed by atoms with van der Waals surface area (Å²) in [6, 6.07) is 3.80. The van der Waals surface area contributed by atoms with Crippen molar-refractivity contribution in [3.63, 3.8) is 0 Å². The molecule has 15 heavy (non-hydrogen) atoms. The van der Waals surface area contributed by atoms with Gasteiger partial charge in [-0.25, -0.2) is 0 Å². The standard InChI is InChI=1S/C12H19NOS/c1-9(2)6-10(8-13)7-11(14)12-4-3-5-15-12/h3-5,9-10H,6-8,13H2,1-2H3. The largest absolute Gasteiger partial charge is 0.330 e. The number of rotatable bonds is 6. The average Bonchev–Trinajstić information content (AvgIpc) is 2.68. The highest BCUT2D eigenvalue weighted by Crippen LogP contribution is 2.19. The van der Waals surface area contributed by atoms with Gasteiger partial charge in [0, 0.05) is 6.42 Å². The van der Waals surface area contributed by atoms with Crippen LogP contribution in [0, 0.1) is 11.8 Å². The highest BCUT2D eigenvalue weighted by atomic mass is 32.1. The van der Waals surface area contributed by atoms with Gasteiger partial charge in [0.15, 0.2) is 5.78 Å². The molecule has 1 heterocycles. The van der Waals surface area contributed by atoms with Crippen LogP contribution < -0.4 is 5.73 Å². The number of ketones is 1. The summed E-state index contributed by atoms with van der Waals surface area (Å²) in [6.45, 7) is 4.94. The van der Waals surface area contributed by atoms with Gasteiger partial charge in [0.2, 0.25) is 0 Å². The third-order valence-corrected chi connectivity index (χ3v) is 3.32.